The Morgan fingerprint density at radius 3 is 2.60 bits per heavy atom. The number of hydrogen-bond acceptors (Lipinski definition) is 2. The van der Waals surface area contributed by atoms with Gasteiger partial charge >= 0.3 is 0 Å². The second-order valence-electron chi connectivity index (χ2n) is 4.58. The zero-order valence-corrected chi connectivity index (χ0v) is 11.8. The molecule has 0 unspecified atom stereocenters. The molecule has 1 N–H and O–H groups in total. The van der Waals surface area contributed by atoms with Crippen LogP contribution in [0.15, 0.2) is 42.5 Å². The van der Waals surface area contributed by atoms with E-state index < -0.39 is 5.82 Å². The summed E-state index contributed by atoms with van der Waals surface area (Å²) >= 11 is 5.85. The van der Waals surface area contributed by atoms with E-state index in [4.69, 9.17) is 16.9 Å². The van der Waals surface area contributed by atoms with Crippen molar-refractivity contribution in [2.24, 2.45) is 0 Å². The summed E-state index contributed by atoms with van der Waals surface area (Å²) < 4.78 is 13.2. The summed E-state index contributed by atoms with van der Waals surface area (Å²) in [5.41, 5.74) is 2.07. The van der Waals surface area contributed by atoms with Gasteiger partial charge in [0.2, 0.25) is 0 Å². The van der Waals surface area contributed by atoms with Gasteiger partial charge < -0.3 is 5.32 Å². The summed E-state index contributed by atoms with van der Waals surface area (Å²) in [6, 6.07) is 14.2. The molecule has 0 aliphatic heterocycles. The summed E-state index contributed by atoms with van der Waals surface area (Å²) in [5, 5.41) is 12.8. The van der Waals surface area contributed by atoms with Crippen LogP contribution in [0.4, 0.5) is 4.39 Å². The van der Waals surface area contributed by atoms with Crippen molar-refractivity contribution in [3.8, 4) is 6.07 Å². The van der Waals surface area contributed by atoms with E-state index in [-0.39, 0.29) is 11.6 Å². The van der Waals surface area contributed by atoms with Crippen LogP contribution in [-0.4, -0.2) is 0 Å². The van der Waals surface area contributed by atoms with Crippen LogP contribution in [0.2, 0.25) is 5.02 Å². The molecular weight excluding hydrogens is 275 g/mol. The van der Waals surface area contributed by atoms with E-state index >= 15 is 0 Å². The van der Waals surface area contributed by atoms with E-state index in [1.807, 2.05) is 37.3 Å². The Morgan fingerprint density at radius 2 is 1.95 bits per heavy atom. The largest absolute Gasteiger partial charge is 0.306 e. The maximum atomic E-state index is 13.2. The maximum Gasteiger partial charge on any atom is 0.140 e. The molecule has 0 heterocycles. The van der Waals surface area contributed by atoms with Crippen molar-refractivity contribution in [2.75, 3.05) is 0 Å². The highest BCUT2D eigenvalue weighted by molar-refractivity contribution is 6.30. The highest BCUT2D eigenvalue weighted by Gasteiger charge is 2.06. The summed E-state index contributed by atoms with van der Waals surface area (Å²) in [4.78, 5) is 0. The van der Waals surface area contributed by atoms with E-state index in [1.165, 1.54) is 6.07 Å². The predicted octanol–water partition coefficient (Wildman–Crippen LogP) is 4.20. The fourth-order valence-electron chi connectivity index (χ4n) is 1.91. The lowest BCUT2D eigenvalue weighted by molar-refractivity contribution is 0.572. The second-order valence-corrected chi connectivity index (χ2v) is 5.02. The summed E-state index contributed by atoms with van der Waals surface area (Å²) in [6.07, 6.45) is 0. The molecule has 0 bridgehead atoms. The molecule has 0 aliphatic carbocycles. The van der Waals surface area contributed by atoms with E-state index in [0.29, 0.717) is 11.6 Å². The minimum absolute atomic E-state index is 0.0726. The molecule has 2 aromatic rings. The van der Waals surface area contributed by atoms with Gasteiger partial charge in [-0.15, -0.1) is 0 Å². The van der Waals surface area contributed by atoms with Crippen molar-refractivity contribution >= 4 is 11.6 Å². The van der Waals surface area contributed by atoms with Crippen molar-refractivity contribution < 1.29 is 4.39 Å². The average Bonchev–Trinajstić information content (AvgIpc) is 2.46. The van der Waals surface area contributed by atoms with Crippen LogP contribution in [0, 0.1) is 17.1 Å². The third-order valence-corrected chi connectivity index (χ3v) is 3.39. The molecule has 0 saturated heterocycles. The topological polar surface area (TPSA) is 35.8 Å². The van der Waals surface area contributed by atoms with Crippen LogP contribution < -0.4 is 5.32 Å². The Morgan fingerprint density at radius 1 is 1.25 bits per heavy atom. The van der Waals surface area contributed by atoms with Gasteiger partial charge in [0.15, 0.2) is 0 Å². The molecule has 2 rings (SSSR count). The Kier molecular flexibility index (Phi) is 4.73. The SMILES string of the molecule is C[C@H](NCc1ccc(F)c(C#N)c1)c1ccc(Cl)cc1. The molecule has 0 aromatic heterocycles. The molecule has 2 aromatic carbocycles. The Hall–Kier alpha value is -1.89. The van der Waals surface area contributed by atoms with Crippen LogP contribution in [0.1, 0.15) is 29.7 Å². The normalized spacial score (nSPS) is 11.9. The van der Waals surface area contributed by atoms with Crippen LogP contribution in [-0.2, 0) is 6.54 Å². The molecule has 1 atom stereocenters. The molecule has 4 heteroatoms. The van der Waals surface area contributed by atoms with Crippen LogP contribution in [0.5, 0.6) is 0 Å². The number of halogens is 2. The average molecular weight is 289 g/mol. The van der Waals surface area contributed by atoms with Gasteiger partial charge in [-0.1, -0.05) is 29.8 Å². The van der Waals surface area contributed by atoms with Crippen LogP contribution >= 0.6 is 11.6 Å². The Labute approximate surface area is 122 Å². The fourth-order valence-corrected chi connectivity index (χ4v) is 2.03. The van der Waals surface area contributed by atoms with Gasteiger partial charge in [-0.3, -0.25) is 0 Å². The van der Waals surface area contributed by atoms with Crippen molar-refractivity contribution in [3.05, 3.63) is 70.0 Å². The minimum Gasteiger partial charge on any atom is -0.306 e. The highest BCUT2D eigenvalue weighted by Crippen LogP contribution is 2.17. The third-order valence-electron chi connectivity index (χ3n) is 3.13. The third kappa shape index (κ3) is 3.57. The molecule has 0 spiro atoms. The number of rotatable bonds is 4. The fraction of sp³-hybridized carbons (Fsp3) is 0.188. The van der Waals surface area contributed by atoms with Gasteiger partial charge in [0, 0.05) is 17.6 Å². The van der Waals surface area contributed by atoms with E-state index in [1.54, 1.807) is 12.1 Å². The highest BCUT2D eigenvalue weighted by atomic mass is 35.5. The molecular formula is C16H14ClFN2. The summed E-state index contributed by atoms with van der Waals surface area (Å²) in [5.74, 6) is -0.484. The molecule has 0 aliphatic rings. The van der Waals surface area contributed by atoms with E-state index in [2.05, 4.69) is 5.32 Å². The smallest absolute Gasteiger partial charge is 0.140 e. The van der Waals surface area contributed by atoms with Crippen molar-refractivity contribution in [1.82, 2.24) is 5.32 Å². The lowest BCUT2D eigenvalue weighted by atomic mass is 10.1. The number of benzene rings is 2. The minimum atomic E-state index is -0.484. The first-order chi connectivity index (χ1) is 9.60. The Bertz CT molecular complexity index is 632. The first-order valence-corrected chi connectivity index (χ1v) is 6.65. The first kappa shape index (κ1) is 14.5. The lowest BCUT2D eigenvalue weighted by Gasteiger charge is -2.14. The monoisotopic (exact) mass is 288 g/mol. The second kappa shape index (κ2) is 6.51. The zero-order chi connectivity index (χ0) is 14.5. The Balaban J connectivity index is 2.01. The number of nitriles is 1. The molecule has 2 nitrogen and oxygen atoms in total. The molecule has 20 heavy (non-hydrogen) atoms. The zero-order valence-electron chi connectivity index (χ0n) is 11.0. The van der Waals surface area contributed by atoms with Crippen LogP contribution in [0.3, 0.4) is 0 Å². The van der Waals surface area contributed by atoms with E-state index in [0.717, 1.165) is 11.1 Å². The van der Waals surface area contributed by atoms with Gasteiger partial charge in [0.1, 0.15) is 11.9 Å². The first-order valence-electron chi connectivity index (χ1n) is 6.27. The van der Waals surface area contributed by atoms with E-state index in [9.17, 15) is 4.39 Å². The van der Waals surface area contributed by atoms with Gasteiger partial charge in [-0.05, 0) is 42.3 Å². The quantitative estimate of drug-likeness (QED) is 0.915. The van der Waals surface area contributed by atoms with Gasteiger partial charge in [-0.25, -0.2) is 4.39 Å². The maximum absolute atomic E-state index is 13.2. The number of nitrogens with zero attached hydrogens (tertiary/aromatic N) is 1. The standard InChI is InChI=1S/C16H14ClFN2/c1-11(13-3-5-15(17)6-4-13)20-10-12-2-7-16(18)14(8-12)9-19/h2-8,11,20H,10H2,1H3/t11-/m0/s1. The molecule has 0 radical (unpaired) electrons. The number of nitrogens with one attached hydrogen (secondary N) is 1. The summed E-state index contributed by atoms with van der Waals surface area (Å²) in [6.45, 7) is 2.61. The van der Waals surface area contributed by atoms with Crippen molar-refractivity contribution in [2.45, 2.75) is 19.5 Å². The summed E-state index contributed by atoms with van der Waals surface area (Å²) in [7, 11) is 0. The van der Waals surface area contributed by atoms with Gasteiger partial charge in [0.25, 0.3) is 0 Å². The molecule has 0 amide bonds. The van der Waals surface area contributed by atoms with Gasteiger partial charge in [0.05, 0.1) is 5.56 Å². The number of hydrogen-bond donors (Lipinski definition) is 1. The lowest BCUT2D eigenvalue weighted by Crippen LogP contribution is -2.18. The predicted molar refractivity (Wildman–Crippen MR) is 77.8 cm³/mol. The van der Waals surface area contributed by atoms with Crippen molar-refractivity contribution in [3.63, 3.8) is 0 Å². The molecule has 0 fully saturated rings. The van der Waals surface area contributed by atoms with Crippen molar-refractivity contribution in [1.29, 1.82) is 5.26 Å². The molecule has 102 valence electrons. The molecule has 0 saturated carbocycles. The van der Waals surface area contributed by atoms with Gasteiger partial charge in [-0.2, -0.15) is 5.26 Å². The van der Waals surface area contributed by atoms with Crippen LogP contribution in [0.25, 0.3) is 0 Å².